The second-order valence-corrected chi connectivity index (χ2v) is 5.15. The molecule has 2 saturated heterocycles. The molecular formula is C13H16O2. The molecule has 3 aliphatic rings. The Morgan fingerprint density at radius 3 is 2.53 bits per heavy atom. The lowest BCUT2D eigenvalue weighted by atomic mass is 9.60. The van der Waals surface area contributed by atoms with Crippen LogP contribution in [0.5, 0.6) is 0 Å². The zero-order valence-electron chi connectivity index (χ0n) is 8.78. The molecule has 2 heteroatoms. The standard InChI is InChI=1S/C13H16O2/c14-9-13-7-12(8-13,10-15-13)6-11-4-2-1-3-5-11/h1-5,14H,6-10H2. The Hall–Kier alpha value is -0.860. The average molecular weight is 204 g/mol. The molecule has 4 rings (SSSR count). The van der Waals surface area contributed by atoms with E-state index in [1.54, 1.807) is 0 Å². The van der Waals surface area contributed by atoms with E-state index in [1.807, 2.05) is 6.07 Å². The van der Waals surface area contributed by atoms with Gasteiger partial charge in [-0.1, -0.05) is 30.3 Å². The first kappa shape index (κ1) is 9.37. The van der Waals surface area contributed by atoms with E-state index in [4.69, 9.17) is 4.74 Å². The highest BCUT2D eigenvalue weighted by atomic mass is 16.5. The fraction of sp³-hybridized carbons (Fsp3) is 0.538. The predicted molar refractivity (Wildman–Crippen MR) is 57.6 cm³/mol. The van der Waals surface area contributed by atoms with Gasteiger partial charge in [-0.3, -0.25) is 0 Å². The van der Waals surface area contributed by atoms with Gasteiger partial charge in [0.25, 0.3) is 0 Å². The summed E-state index contributed by atoms with van der Waals surface area (Å²) >= 11 is 0. The summed E-state index contributed by atoms with van der Waals surface area (Å²) in [5.41, 5.74) is 1.54. The van der Waals surface area contributed by atoms with E-state index in [0.29, 0.717) is 5.41 Å². The second kappa shape index (κ2) is 3.06. The monoisotopic (exact) mass is 204 g/mol. The van der Waals surface area contributed by atoms with Crippen molar-refractivity contribution in [2.75, 3.05) is 13.2 Å². The largest absolute Gasteiger partial charge is 0.393 e. The molecule has 0 amide bonds. The number of hydrogen-bond donors (Lipinski definition) is 1. The normalized spacial score (nSPS) is 37.7. The Morgan fingerprint density at radius 1 is 1.20 bits per heavy atom. The maximum Gasteiger partial charge on any atom is 0.0924 e. The number of benzene rings is 1. The molecule has 0 unspecified atom stereocenters. The molecule has 2 aliphatic heterocycles. The van der Waals surface area contributed by atoms with Crippen molar-refractivity contribution < 1.29 is 9.84 Å². The molecule has 0 atom stereocenters. The summed E-state index contributed by atoms with van der Waals surface area (Å²) in [7, 11) is 0. The molecule has 3 fully saturated rings. The van der Waals surface area contributed by atoms with Crippen LogP contribution in [0.3, 0.4) is 0 Å². The summed E-state index contributed by atoms with van der Waals surface area (Å²) in [5.74, 6) is 0. The van der Waals surface area contributed by atoms with Crippen molar-refractivity contribution in [2.24, 2.45) is 5.41 Å². The summed E-state index contributed by atoms with van der Waals surface area (Å²) < 4.78 is 5.69. The van der Waals surface area contributed by atoms with Crippen LogP contribution in [0.1, 0.15) is 18.4 Å². The molecule has 2 bridgehead atoms. The van der Waals surface area contributed by atoms with Crippen LogP contribution < -0.4 is 0 Å². The summed E-state index contributed by atoms with van der Waals surface area (Å²) in [4.78, 5) is 0. The van der Waals surface area contributed by atoms with Crippen molar-refractivity contribution in [3.8, 4) is 0 Å². The first-order valence-corrected chi connectivity index (χ1v) is 5.55. The van der Waals surface area contributed by atoms with Gasteiger partial charge in [0.05, 0.1) is 18.8 Å². The zero-order valence-corrected chi connectivity index (χ0v) is 8.78. The molecule has 2 nitrogen and oxygen atoms in total. The molecule has 1 N–H and O–H groups in total. The van der Waals surface area contributed by atoms with Gasteiger partial charge >= 0.3 is 0 Å². The summed E-state index contributed by atoms with van der Waals surface area (Å²) in [5, 5.41) is 9.22. The minimum absolute atomic E-state index is 0.172. The van der Waals surface area contributed by atoms with Gasteiger partial charge in [-0.2, -0.15) is 0 Å². The van der Waals surface area contributed by atoms with Crippen LogP contribution in [0, 0.1) is 5.41 Å². The van der Waals surface area contributed by atoms with Gasteiger partial charge in [-0.15, -0.1) is 0 Å². The van der Waals surface area contributed by atoms with Crippen molar-refractivity contribution in [1.82, 2.24) is 0 Å². The van der Waals surface area contributed by atoms with E-state index in [-0.39, 0.29) is 12.2 Å². The predicted octanol–water partition coefficient (Wildman–Crippen LogP) is 1.77. The van der Waals surface area contributed by atoms with Crippen molar-refractivity contribution in [2.45, 2.75) is 24.9 Å². The fourth-order valence-corrected chi connectivity index (χ4v) is 3.19. The Labute approximate surface area is 89.9 Å². The van der Waals surface area contributed by atoms with Crippen molar-refractivity contribution in [3.05, 3.63) is 35.9 Å². The Bertz CT molecular complexity index is 352. The Morgan fingerprint density at radius 2 is 1.93 bits per heavy atom. The maximum atomic E-state index is 9.22. The van der Waals surface area contributed by atoms with E-state index in [2.05, 4.69) is 24.3 Å². The summed E-state index contributed by atoms with van der Waals surface area (Å²) in [6, 6.07) is 10.6. The molecule has 1 aromatic rings. The van der Waals surface area contributed by atoms with Crippen LogP contribution in [0.4, 0.5) is 0 Å². The summed E-state index contributed by atoms with van der Waals surface area (Å²) in [6.45, 7) is 1.01. The van der Waals surface area contributed by atoms with Crippen molar-refractivity contribution in [1.29, 1.82) is 0 Å². The van der Waals surface area contributed by atoms with Crippen LogP contribution >= 0.6 is 0 Å². The van der Waals surface area contributed by atoms with Crippen LogP contribution in [0.25, 0.3) is 0 Å². The van der Waals surface area contributed by atoms with Crippen LogP contribution in [-0.2, 0) is 11.2 Å². The molecule has 0 aromatic heterocycles. The fourth-order valence-electron chi connectivity index (χ4n) is 3.19. The van der Waals surface area contributed by atoms with E-state index in [1.165, 1.54) is 5.56 Å². The molecule has 0 spiro atoms. The van der Waals surface area contributed by atoms with Gasteiger partial charge in [-0.25, -0.2) is 0 Å². The van der Waals surface area contributed by atoms with Crippen LogP contribution in [0.15, 0.2) is 30.3 Å². The van der Waals surface area contributed by atoms with Gasteiger partial charge in [-0.05, 0) is 24.8 Å². The van der Waals surface area contributed by atoms with Gasteiger partial charge in [0.2, 0.25) is 0 Å². The molecule has 1 saturated carbocycles. The van der Waals surface area contributed by atoms with E-state index in [0.717, 1.165) is 25.9 Å². The second-order valence-electron chi connectivity index (χ2n) is 5.15. The highest BCUT2D eigenvalue weighted by molar-refractivity contribution is 5.21. The van der Waals surface area contributed by atoms with Crippen LogP contribution in [-0.4, -0.2) is 23.9 Å². The third kappa shape index (κ3) is 1.40. The van der Waals surface area contributed by atoms with E-state index in [9.17, 15) is 5.11 Å². The molecule has 0 radical (unpaired) electrons. The third-order valence-electron chi connectivity index (χ3n) is 3.79. The van der Waals surface area contributed by atoms with E-state index < -0.39 is 0 Å². The molecule has 1 aromatic carbocycles. The number of aliphatic hydroxyl groups is 1. The minimum Gasteiger partial charge on any atom is -0.393 e. The van der Waals surface area contributed by atoms with Gasteiger partial charge in [0.1, 0.15) is 0 Å². The van der Waals surface area contributed by atoms with E-state index >= 15 is 0 Å². The zero-order chi connectivity index (χ0) is 10.4. The molecule has 1 aliphatic carbocycles. The average Bonchev–Trinajstić information content (AvgIpc) is 2.74. The number of fused-ring (bicyclic) bond motifs is 1. The number of rotatable bonds is 3. The van der Waals surface area contributed by atoms with Gasteiger partial charge < -0.3 is 9.84 Å². The highest BCUT2D eigenvalue weighted by Gasteiger charge is 2.61. The minimum atomic E-state index is -0.172. The Kier molecular flexibility index (Phi) is 1.91. The van der Waals surface area contributed by atoms with Gasteiger partial charge in [0.15, 0.2) is 0 Å². The lowest BCUT2D eigenvalue weighted by Gasteiger charge is -2.43. The number of aliphatic hydroxyl groups excluding tert-OH is 1. The molecule has 15 heavy (non-hydrogen) atoms. The third-order valence-corrected chi connectivity index (χ3v) is 3.79. The molecule has 80 valence electrons. The van der Waals surface area contributed by atoms with Gasteiger partial charge in [0, 0.05) is 5.41 Å². The van der Waals surface area contributed by atoms with Crippen LogP contribution in [0.2, 0.25) is 0 Å². The lowest BCUT2D eigenvalue weighted by molar-refractivity contribution is -0.0579. The highest BCUT2D eigenvalue weighted by Crippen LogP contribution is 2.58. The Balaban J connectivity index is 1.72. The first-order valence-electron chi connectivity index (χ1n) is 5.55. The SMILES string of the molecule is OCC12CC(Cc3ccccc3)(CO1)C2. The lowest BCUT2D eigenvalue weighted by Crippen LogP contribution is -2.47. The molecule has 2 heterocycles. The summed E-state index contributed by atoms with van der Waals surface area (Å²) in [6.07, 6.45) is 3.16. The molecular weight excluding hydrogens is 188 g/mol. The van der Waals surface area contributed by atoms with Crippen molar-refractivity contribution >= 4 is 0 Å². The number of ether oxygens (including phenoxy) is 1. The smallest absolute Gasteiger partial charge is 0.0924 e. The van der Waals surface area contributed by atoms with Crippen molar-refractivity contribution in [3.63, 3.8) is 0 Å². The number of hydrogen-bond acceptors (Lipinski definition) is 2. The topological polar surface area (TPSA) is 29.5 Å². The first-order chi connectivity index (χ1) is 7.26. The maximum absolute atomic E-state index is 9.22. The quantitative estimate of drug-likeness (QED) is 0.813.